The minimum atomic E-state index is -3.52. The molecule has 1 aromatic carbocycles. The second-order valence-electron chi connectivity index (χ2n) is 5.05. The highest BCUT2D eigenvalue weighted by Crippen LogP contribution is 2.27. The molecular weight excluding hydrogens is 347 g/mol. The second kappa shape index (κ2) is 9.05. The van der Waals surface area contributed by atoms with Gasteiger partial charge in [-0.1, -0.05) is 23.7 Å². The third kappa shape index (κ3) is 4.81. The second-order valence-corrected chi connectivity index (χ2v) is 7.36. The van der Waals surface area contributed by atoms with Crippen molar-refractivity contribution < 1.29 is 13.2 Å². The number of rotatable bonds is 6. The summed E-state index contributed by atoms with van der Waals surface area (Å²) in [5.74, 6) is 0. The zero-order valence-electron chi connectivity index (χ0n) is 12.3. The van der Waals surface area contributed by atoms with Crippen molar-refractivity contribution in [2.75, 3.05) is 26.2 Å². The fourth-order valence-corrected chi connectivity index (χ4v) is 4.33. The van der Waals surface area contributed by atoms with Crippen molar-refractivity contribution in [2.24, 2.45) is 5.73 Å². The van der Waals surface area contributed by atoms with Crippen LogP contribution in [-0.2, 0) is 14.8 Å². The Morgan fingerprint density at radius 2 is 1.91 bits per heavy atom. The molecule has 1 aliphatic rings. The van der Waals surface area contributed by atoms with Gasteiger partial charge in [0.15, 0.2) is 0 Å². The van der Waals surface area contributed by atoms with Gasteiger partial charge in [-0.05, 0) is 37.9 Å². The molecule has 0 bridgehead atoms. The highest BCUT2D eigenvalue weighted by atomic mass is 35.5. The topological polar surface area (TPSA) is 72.6 Å². The Balaban J connectivity index is 0.00000242. The maximum absolute atomic E-state index is 12.6. The largest absolute Gasteiger partial charge is 0.378 e. The summed E-state index contributed by atoms with van der Waals surface area (Å²) in [6, 6.07) is 6.54. The quantitative estimate of drug-likeness (QED) is 0.781. The summed E-state index contributed by atoms with van der Waals surface area (Å²) in [6.07, 6.45) is 2.36. The molecule has 0 saturated carbocycles. The molecule has 0 unspecified atom stereocenters. The zero-order valence-corrected chi connectivity index (χ0v) is 14.7. The van der Waals surface area contributed by atoms with E-state index >= 15 is 0 Å². The molecule has 0 amide bonds. The highest BCUT2D eigenvalue weighted by Gasteiger charge is 2.30. The SMILES string of the molecule is Cl.NCCCOC1CCN(S(=O)(=O)c2ccccc2Cl)CC1. The van der Waals surface area contributed by atoms with Crippen molar-refractivity contribution in [3.05, 3.63) is 29.3 Å². The molecule has 2 N–H and O–H groups in total. The van der Waals surface area contributed by atoms with Gasteiger partial charge in [0, 0.05) is 19.7 Å². The lowest BCUT2D eigenvalue weighted by atomic mass is 10.1. The molecule has 8 heteroatoms. The van der Waals surface area contributed by atoms with Gasteiger partial charge in [-0.15, -0.1) is 12.4 Å². The number of benzene rings is 1. The average Bonchev–Trinajstić information content (AvgIpc) is 2.48. The number of sulfonamides is 1. The smallest absolute Gasteiger partial charge is 0.244 e. The molecule has 1 aromatic rings. The first kappa shape index (κ1) is 19.7. The summed E-state index contributed by atoms with van der Waals surface area (Å²) in [5.41, 5.74) is 5.42. The summed E-state index contributed by atoms with van der Waals surface area (Å²) in [4.78, 5) is 0.175. The predicted molar refractivity (Wildman–Crippen MR) is 90.1 cm³/mol. The number of halogens is 2. The van der Waals surface area contributed by atoms with Crippen LogP contribution in [0.4, 0.5) is 0 Å². The first-order valence-electron chi connectivity index (χ1n) is 7.12. The van der Waals surface area contributed by atoms with E-state index in [0.717, 1.165) is 6.42 Å². The van der Waals surface area contributed by atoms with E-state index in [9.17, 15) is 8.42 Å². The van der Waals surface area contributed by atoms with Crippen LogP contribution in [0.1, 0.15) is 19.3 Å². The van der Waals surface area contributed by atoms with E-state index in [1.54, 1.807) is 24.3 Å². The molecule has 0 aromatic heterocycles. The number of nitrogens with zero attached hydrogens (tertiary/aromatic N) is 1. The molecule has 1 saturated heterocycles. The van der Waals surface area contributed by atoms with Gasteiger partial charge in [0.25, 0.3) is 0 Å². The van der Waals surface area contributed by atoms with Crippen LogP contribution in [0.25, 0.3) is 0 Å². The Morgan fingerprint density at radius 1 is 1.27 bits per heavy atom. The maximum Gasteiger partial charge on any atom is 0.244 e. The lowest BCUT2D eigenvalue weighted by molar-refractivity contribution is 0.0209. The van der Waals surface area contributed by atoms with Crippen molar-refractivity contribution in [1.29, 1.82) is 0 Å². The summed E-state index contributed by atoms with van der Waals surface area (Å²) in [5, 5.41) is 0.263. The Bertz CT molecular complexity index is 561. The number of hydrogen-bond donors (Lipinski definition) is 1. The number of nitrogens with two attached hydrogens (primary N) is 1. The molecule has 0 atom stereocenters. The van der Waals surface area contributed by atoms with Crippen LogP contribution in [0.2, 0.25) is 5.02 Å². The first-order chi connectivity index (χ1) is 10.1. The van der Waals surface area contributed by atoms with Gasteiger partial charge in [-0.2, -0.15) is 4.31 Å². The Morgan fingerprint density at radius 3 is 2.50 bits per heavy atom. The monoisotopic (exact) mass is 368 g/mol. The van der Waals surface area contributed by atoms with Crippen LogP contribution >= 0.6 is 24.0 Å². The minimum absolute atomic E-state index is 0. The van der Waals surface area contributed by atoms with Crippen molar-refractivity contribution in [3.63, 3.8) is 0 Å². The van der Waals surface area contributed by atoms with Crippen LogP contribution in [0.3, 0.4) is 0 Å². The van der Waals surface area contributed by atoms with Gasteiger partial charge in [0.2, 0.25) is 10.0 Å². The van der Waals surface area contributed by atoms with E-state index in [2.05, 4.69) is 0 Å². The summed E-state index contributed by atoms with van der Waals surface area (Å²) in [7, 11) is -3.52. The van der Waals surface area contributed by atoms with Gasteiger partial charge < -0.3 is 10.5 Å². The fourth-order valence-electron chi connectivity index (χ4n) is 2.37. The highest BCUT2D eigenvalue weighted by molar-refractivity contribution is 7.89. The normalized spacial score (nSPS) is 17.2. The van der Waals surface area contributed by atoms with Gasteiger partial charge in [-0.3, -0.25) is 0 Å². The van der Waals surface area contributed by atoms with Crippen LogP contribution in [0.15, 0.2) is 29.2 Å². The van der Waals surface area contributed by atoms with Gasteiger partial charge in [0.1, 0.15) is 4.90 Å². The lowest BCUT2D eigenvalue weighted by Gasteiger charge is -2.31. The first-order valence-corrected chi connectivity index (χ1v) is 8.94. The van der Waals surface area contributed by atoms with Gasteiger partial charge >= 0.3 is 0 Å². The molecule has 126 valence electrons. The lowest BCUT2D eigenvalue weighted by Crippen LogP contribution is -2.41. The number of hydrogen-bond acceptors (Lipinski definition) is 4. The molecule has 0 aliphatic carbocycles. The third-order valence-electron chi connectivity index (χ3n) is 3.56. The Kier molecular flexibility index (Phi) is 8.10. The van der Waals surface area contributed by atoms with E-state index < -0.39 is 10.0 Å². The van der Waals surface area contributed by atoms with Crippen LogP contribution in [-0.4, -0.2) is 45.1 Å². The zero-order chi connectivity index (χ0) is 15.3. The summed E-state index contributed by atoms with van der Waals surface area (Å²) in [6.45, 7) is 2.17. The Hall–Kier alpha value is -0.370. The minimum Gasteiger partial charge on any atom is -0.378 e. The molecule has 1 fully saturated rings. The number of ether oxygens (including phenoxy) is 1. The fraction of sp³-hybridized carbons (Fsp3) is 0.571. The van der Waals surface area contributed by atoms with Crippen molar-refractivity contribution in [3.8, 4) is 0 Å². The molecule has 1 aliphatic heterocycles. The molecule has 2 rings (SSSR count). The van der Waals surface area contributed by atoms with Crippen LogP contribution in [0.5, 0.6) is 0 Å². The van der Waals surface area contributed by atoms with E-state index in [-0.39, 0.29) is 28.4 Å². The van der Waals surface area contributed by atoms with Crippen molar-refractivity contribution in [2.45, 2.75) is 30.3 Å². The van der Waals surface area contributed by atoms with Crippen molar-refractivity contribution >= 4 is 34.0 Å². The molecule has 5 nitrogen and oxygen atoms in total. The maximum atomic E-state index is 12.6. The van der Waals surface area contributed by atoms with Crippen molar-refractivity contribution in [1.82, 2.24) is 4.31 Å². The van der Waals surface area contributed by atoms with E-state index in [1.807, 2.05) is 0 Å². The van der Waals surface area contributed by atoms with E-state index in [0.29, 0.717) is 39.1 Å². The number of piperidine rings is 1. The molecule has 0 radical (unpaired) electrons. The third-order valence-corrected chi connectivity index (χ3v) is 5.96. The van der Waals surface area contributed by atoms with Crippen LogP contribution < -0.4 is 5.73 Å². The molecule has 0 spiro atoms. The predicted octanol–water partition coefficient (Wildman–Crippen LogP) is 2.28. The molecule has 1 heterocycles. The standard InChI is InChI=1S/C14H21ClN2O3S.ClH/c15-13-4-1-2-5-14(13)21(18,19)17-9-6-12(7-10-17)20-11-3-8-16;/h1-2,4-5,12H,3,6-11,16H2;1H. The van der Waals surface area contributed by atoms with E-state index in [1.165, 1.54) is 4.31 Å². The van der Waals surface area contributed by atoms with E-state index in [4.69, 9.17) is 22.1 Å². The molecular formula is C14H22Cl2N2O3S. The molecule has 22 heavy (non-hydrogen) atoms. The Labute approximate surface area is 143 Å². The summed E-state index contributed by atoms with van der Waals surface area (Å²) < 4.78 is 32.3. The van der Waals surface area contributed by atoms with Crippen LogP contribution in [0, 0.1) is 0 Å². The summed E-state index contributed by atoms with van der Waals surface area (Å²) >= 11 is 6.00. The average molecular weight is 369 g/mol. The van der Waals surface area contributed by atoms with Gasteiger partial charge in [-0.25, -0.2) is 8.42 Å². The van der Waals surface area contributed by atoms with Gasteiger partial charge in [0.05, 0.1) is 11.1 Å².